The molecule has 0 bridgehead atoms. The fraction of sp³-hybridized carbons (Fsp3) is 0.0714. The van der Waals surface area contributed by atoms with Gasteiger partial charge in [-0.15, -0.1) is 0 Å². The zero-order valence-electron chi connectivity index (χ0n) is 18.4. The second-order valence-corrected chi connectivity index (χ2v) is 9.35. The number of hydrogen-bond acceptors (Lipinski definition) is 4. The summed E-state index contributed by atoms with van der Waals surface area (Å²) in [5, 5.41) is 6.39. The van der Waals surface area contributed by atoms with E-state index in [-0.39, 0.29) is 5.91 Å². The van der Waals surface area contributed by atoms with Gasteiger partial charge in [0.1, 0.15) is 12.4 Å². The molecule has 0 spiro atoms. The highest BCUT2D eigenvalue weighted by Gasteiger charge is 2.23. The number of amidine groups is 1. The quantitative estimate of drug-likeness (QED) is 0.303. The molecule has 0 atom stereocenters. The number of rotatable bonds is 5. The number of amides is 1. The first-order chi connectivity index (χ1) is 16.5. The Bertz CT molecular complexity index is 1440. The molecule has 0 unspecified atom stereocenters. The number of carbonyl (C=O) groups excluding carboxylic acids is 1. The van der Waals surface area contributed by atoms with E-state index in [4.69, 9.17) is 16.3 Å². The second kappa shape index (κ2) is 9.75. The molecular formula is C28H21ClN2O2S. The first-order valence-corrected chi connectivity index (χ1v) is 12.0. The molecule has 0 radical (unpaired) electrons. The molecule has 1 fully saturated rings. The van der Waals surface area contributed by atoms with E-state index in [1.165, 1.54) is 22.5 Å². The summed E-state index contributed by atoms with van der Waals surface area (Å²) >= 11 is 7.48. The van der Waals surface area contributed by atoms with Gasteiger partial charge in [-0.05, 0) is 76.5 Å². The molecule has 1 amide bonds. The Labute approximate surface area is 207 Å². The largest absolute Gasteiger partial charge is 0.489 e. The van der Waals surface area contributed by atoms with Gasteiger partial charge in [-0.3, -0.25) is 4.79 Å². The maximum atomic E-state index is 12.4. The molecule has 4 aromatic rings. The van der Waals surface area contributed by atoms with Crippen LogP contribution in [0.1, 0.15) is 16.7 Å². The molecule has 1 saturated heterocycles. The summed E-state index contributed by atoms with van der Waals surface area (Å²) in [5.74, 6) is 0.607. The number of aliphatic imine (C=N–C) groups is 1. The number of aryl methyl sites for hydroxylation is 1. The van der Waals surface area contributed by atoms with Crippen LogP contribution in [0.15, 0.2) is 94.8 Å². The van der Waals surface area contributed by atoms with Crippen LogP contribution >= 0.6 is 23.4 Å². The molecule has 168 valence electrons. The third-order valence-corrected chi connectivity index (χ3v) is 6.81. The second-order valence-electron chi connectivity index (χ2n) is 7.91. The van der Waals surface area contributed by atoms with Gasteiger partial charge < -0.3 is 10.1 Å². The van der Waals surface area contributed by atoms with Crippen molar-refractivity contribution in [2.75, 3.05) is 0 Å². The average Bonchev–Trinajstić information content (AvgIpc) is 3.19. The number of ether oxygens (including phenoxy) is 1. The van der Waals surface area contributed by atoms with Crippen LogP contribution < -0.4 is 10.1 Å². The molecule has 1 N–H and O–H groups in total. The van der Waals surface area contributed by atoms with Gasteiger partial charge in [0.25, 0.3) is 5.91 Å². The summed E-state index contributed by atoms with van der Waals surface area (Å²) in [6.07, 6.45) is 1.85. The Morgan fingerprint density at radius 3 is 2.62 bits per heavy atom. The lowest BCUT2D eigenvalue weighted by molar-refractivity contribution is -0.115. The number of thioether (sulfide) groups is 1. The van der Waals surface area contributed by atoms with Crippen molar-refractivity contribution in [2.45, 2.75) is 13.5 Å². The van der Waals surface area contributed by atoms with Crippen molar-refractivity contribution in [2.24, 2.45) is 4.99 Å². The number of nitrogens with zero attached hydrogens (tertiary/aromatic N) is 1. The smallest absolute Gasteiger partial charge is 0.264 e. The molecule has 0 aliphatic carbocycles. The lowest BCUT2D eigenvalue weighted by Crippen LogP contribution is -2.19. The highest BCUT2D eigenvalue weighted by atomic mass is 35.5. The van der Waals surface area contributed by atoms with Gasteiger partial charge in [0.15, 0.2) is 5.17 Å². The summed E-state index contributed by atoms with van der Waals surface area (Å²) in [6.45, 7) is 2.43. The Morgan fingerprint density at radius 1 is 1.00 bits per heavy atom. The van der Waals surface area contributed by atoms with Gasteiger partial charge >= 0.3 is 0 Å². The summed E-state index contributed by atoms with van der Waals surface area (Å²) in [5.41, 5.74) is 3.74. The van der Waals surface area contributed by atoms with E-state index in [2.05, 4.69) is 34.6 Å². The lowest BCUT2D eigenvalue weighted by atomic mass is 10.1. The summed E-state index contributed by atoms with van der Waals surface area (Å²) in [4.78, 5) is 17.5. The third kappa shape index (κ3) is 5.01. The van der Waals surface area contributed by atoms with Crippen LogP contribution in [0.4, 0.5) is 5.69 Å². The van der Waals surface area contributed by atoms with E-state index in [1.54, 1.807) is 6.07 Å². The van der Waals surface area contributed by atoms with E-state index in [9.17, 15) is 4.79 Å². The molecule has 1 aliphatic heterocycles. The standard InChI is InChI=1S/C28H21ClN2O2S/c1-18-9-12-22(16-25(18)29)30-28-31-27(32)26(34-28)15-19-10-13-23(14-11-19)33-17-21-7-4-6-20-5-2-3-8-24(20)21/h2-16H,17H2,1H3,(H,30,31,32)/b26-15-. The van der Waals surface area contributed by atoms with Gasteiger partial charge in [0.05, 0.1) is 10.6 Å². The minimum atomic E-state index is -0.168. The van der Waals surface area contributed by atoms with Gasteiger partial charge in [-0.2, -0.15) is 0 Å². The molecule has 5 rings (SSSR count). The van der Waals surface area contributed by atoms with Crippen molar-refractivity contribution in [3.05, 3.63) is 112 Å². The first-order valence-electron chi connectivity index (χ1n) is 10.8. The maximum absolute atomic E-state index is 12.4. The Balaban J connectivity index is 1.26. The lowest BCUT2D eigenvalue weighted by Gasteiger charge is -2.09. The van der Waals surface area contributed by atoms with Crippen molar-refractivity contribution in [3.8, 4) is 5.75 Å². The van der Waals surface area contributed by atoms with Crippen LogP contribution in [0.5, 0.6) is 5.75 Å². The Kier molecular flexibility index (Phi) is 6.39. The molecule has 34 heavy (non-hydrogen) atoms. The molecule has 6 heteroatoms. The summed E-state index contributed by atoms with van der Waals surface area (Å²) < 4.78 is 6.01. The molecule has 0 aromatic heterocycles. The van der Waals surface area contributed by atoms with E-state index in [0.717, 1.165) is 22.4 Å². The number of hydrogen-bond donors (Lipinski definition) is 1. The van der Waals surface area contributed by atoms with Crippen LogP contribution in [0, 0.1) is 6.92 Å². The minimum Gasteiger partial charge on any atom is -0.489 e. The zero-order valence-corrected chi connectivity index (χ0v) is 20.0. The van der Waals surface area contributed by atoms with Crippen LogP contribution in [-0.4, -0.2) is 11.1 Å². The maximum Gasteiger partial charge on any atom is 0.264 e. The predicted octanol–water partition coefficient (Wildman–Crippen LogP) is 7.27. The number of benzene rings is 4. The monoisotopic (exact) mass is 484 g/mol. The van der Waals surface area contributed by atoms with E-state index >= 15 is 0 Å². The number of carbonyl (C=O) groups is 1. The first kappa shape index (κ1) is 22.3. The fourth-order valence-corrected chi connectivity index (χ4v) is 4.66. The van der Waals surface area contributed by atoms with Crippen molar-refractivity contribution in [1.82, 2.24) is 5.32 Å². The minimum absolute atomic E-state index is 0.168. The van der Waals surface area contributed by atoms with Crippen LogP contribution in [0.3, 0.4) is 0 Å². The molecular weight excluding hydrogens is 464 g/mol. The number of halogens is 1. The zero-order chi connectivity index (χ0) is 23.5. The van der Waals surface area contributed by atoms with Crippen molar-refractivity contribution in [1.29, 1.82) is 0 Å². The predicted molar refractivity (Wildman–Crippen MR) is 142 cm³/mol. The van der Waals surface area contributed by atoms with Gasteiger partial charge in [-0.1, -0.05) is 72.3 Å². The van der Waals surface area contributed by atoms with Gasteiger partial charge in [-0.25, -0.2) is 4.99 Å². The van der Waals surface area contributed by atoms with E-state index < -0.39 is 0 Å². The van der Waals surface area contributed by atoms with Crippen LogP contribution in [-0.2, 0) is 11.4 Å². The Hall–Kier alpha value is -3.54. The molecule has 4 aromatic carbocycles. The SMILES string of the molecule is Cc1ccc(N=C2NC(=O)/C(=C/c3ccc(OCc4cccc5ccccc45)cc3)S2)cc1Cl. The normalized spacial score (nSPS) is 15.8. The van der Waals surface area contributed by atoms with Crippen molar-refractivity contribution >= 4 is 57.0 Å². The molecule has 1 heterocycles. The van der Waals surface area contributed by atoms with Crippen molar-refractivity contribution < 1.29 is 9.53 Å². The van der Waals surface area contributed by atoms with Gasteiger partial charge in [0.2, 0.25) is 0 Å². The summed E-state index contributed by atoms with van der Waals surface area (Å²) in [6, 6.07) is 27.8. The molecule has 4 nitrogen and oxygen atoms in total. The average molecular weight is 485 g/mol. The molecule has 1 aliphatic rings. The molecule has 0 saturated carbocycles. The highest BCUT2D eigenvalue weighted by molar-refractivity contribution is 8.18. The third-order valence-electron chi connectivity index (χ3n) is 5.49. The topological polar surface area (TPSA) is 50.7 Å². The number of fused-ring (bicyclic) bond motifs is 1. The van der Waals surface area contributed by atoms with E-state index in [1.807, 2.05) is 67.6 Å². The fourth-order valence-electron chi connectivity index (χ4n) is 3.64. The van der Waals surface area contributed by atoms with E-state index in [0.29, 0.717) is 27.4 Å². The van der Waals surface area contributed by atoms with Crippen LogP contribution in [0.2, 0.25) is 5.02 Å². The highest BCUT2D eigenvalue weighted by Crippen LogP contribution is 2.30. The Morgan fingerprint density at radius 2 is 1.79 bits per heavy atom. The van der Waals surface area contributed by atoms with Crippen LogP contribution in [0.25, 0.3) is 16.8 Å². The number of nitrogens with one attached hydrogen (secondary N) is 1. The summed E-state index contributed by atoms with van der Waals surface area (Å²) in [7, 11) is 0. The van der Waals surface area contributed by atoms with Gasteiger partial charge in [0, 0.05) is 5.02 Å². The van der Waals surface area contributed by atoms with Crippen molar-refractivity contribution in [3.63, 3.8) is 0 Å².